The molecule has 0 N–H and O–H groups in total. The molecule has 0 aliphatic heterocycles. The second kappa shape index (κ2) is 8.29. The van der Waals surface area contributed by atoms with Gasteiger partial charge in [-0.15, -0.1) is 0 Å². The topological polar surface area (TPSA) is 51.0 Å². The molecule has 30 heavy (non-hydrogen) atoms. The van der Waals surface area contributed by atoms with Crippen molar-refractivity contribution in [1.82, 2.24) is 14.5 Å². The molecule has 0 aliphatic carbocycles. The van der Waals surface area contributed by atoms with Gasteiger partial charge in [-0.3, -0.25) is 14.3 Å². The van der Waals surface area contributed by atoms with Crippen molar-refractivity contribution in [2.45, 2.75) is 6.54 Å². The van der Waals surface area contributed by atoms with E-state index in [9.17, 15) is 9.18 Å². The molecule has 6 heteroatoms. The lowest BCUT2D eigenvalue weighted by molar-refractivity contribution is 0.628. The van der Waals surface area contributed by atoms with E-state index in [0.717, 1.165) is 16.9 Å². The molecule has 0 bridgehead atoms. The summed E-state index contributed by atoms with van der Waals surface area (Å²) in [5.41, 5.74) is 3.77. The highest BCUT2D eigenvalue weighted by Gasteiger charge is 2.11. The Morgan fingerprint density at radius 3 is 2.53 bits per heavy atom. The summed E-state index contributed by atoms with van der Waals surface area (Å²) in [7, 11) is 3.96. The van der Waals surface area contributed by atoms with Crippen molar-refractivity contribution < 1.29 is 4.39 Å². The minimum Gasteiger partial charge on any atom is -0.378 e. The number of nitrogens with zero attached hydrogens (tertiary/aromatic N) is 4. The predicted octanol–water partition coefficient (Wildman–Crippen LogP) is 4.22. The van der Waals surface area contributed by atoms with E-state index in [0.29, 0.717) is 11.0 Å². The van der Waals surface area contributed by atoms with Gasteiger partial charge in [0, 0.05) is 32.0 Å². The van der Waals surface area contributed by atoms with Gasteiger partial charge in [0.2, 0.25) is 0 Å². The molecule has 2 aromatic heterocycles. The van der Waals surface area contributed by atoms with E-state index in [1.54, 1.807) is 22.9 Å². The summed E-state index contributed by atoms with van der Waals surface area (Å²) in [5.74, 6) is -0.396. The minimum atomic E-state index is -0.396. The number of aromatic nitrogens is 3. The predicted molar refractivity (Wildman–Crippen MR) is 119 cm³/mol. The van der Waals surface area contributed by atoms with Crippen LogP contribution < -0.4 is 10.5 Å². The Balaban J connectivity index is 1.77. The van der Waals surface area contributed by atoms with Crippen molar-refractivity contribution in [1.29, 1.82) is 0 Å². The normalized spacial score (nSPS) is 11.3. The third-order valence-electron chi connectivity index (χ3n) is 4.82. The fraction of sp³-hybridized carbons (Fsp3) is 0.125. The first kappa shape index (κ1) is 19.5. The fourth-order valence-corrected chi connectivity index (χ4v) is 3.22. The van der Waals surface area contributed by atoms with E-state index >= 15 is 0 Å². The van der Waals surface area contributed by atoms with E-state index in [1.807, 2.05) is 67.5 Å². The van der Waals surface area contributed by atoms with Crippen LogP contribution in [0.25, 0.3) is 23.2 Å². The first-order chi connectivity index (χ1) is 14.5. The highest BCUT2D eigenvalue weighted by atomic mass is 19.1. The molecule has 0 atom stereocenters. The largest absolute Gasteiger partial charge is 0.378 e. The van der Waals surface area contributed by atoms with Crippen molar-refractivity contribution >= 4 is 28.9 Å². The van der Waals surface area contributed by atoms with Crippen LogP contribution in [-0.4, -0.2) is 28.6 Å². The van der Waals surface area contributed by atoms with E-state index in [-0.39, 0.29) is 17.8 Å². The average Bonchev–Trinajstić information content (AvgIpc) is 2.75. The van der Waals surface area contributed by atoms with E-state index < -0.39 is 5.82 Å². The second-order valence-electron chi connectivity index (χ2n) is 7.16. The maximum atomic E-state index is 13.8. The minimum absolute atomic E-state index is 0.249. The summed E-state index contributed by atoms with van der Waals surface area (Å²) in [6, 6.07) is 17.7. The maximum absolute atomic E-state index is 13.8. The zero-order valence-corrected chi connectivity index (χ0v) is 16.8. The van der Waals surface area contributed by atoms with Gasteiger partial charge in [-0.1, -0.05) is 24.3 Å². The Morgan fingerprint density at radius 2 is 1.83 bits per heavy atom. The van der Waals surface area contributed by atoms with E-state index in [2.05, 4.69) is 9.97 Å². The molecule has 0 radical (unpaired) electrons. The number of benzene rings is 2. The summed E-state index contributed by atoms with van der Waals surface area (Å²) in [5, 5.41) is 0. The third-order valence-corrected chi connectivity index (χ3v) is 4.82. The summed E-state index contributed by atoms with van der Waals surface area (Å²) < 4.78 is 15.4. The van der Waals surface area contributed by atoms with Gasteiger partial charge in [0.1, 0.15) is 11.5 Å². The molecule has 0 saturated heterocycles. The van der Waals surface area contributed by atoms with Gasteiger partial charge < -0.3 is 4.90 Å². The number of pyridine rings is 1. The lowest BCUT2D eigenvalue weighted by Crippen LogP contribution is -2.25. The average molecular weight is 400 g/mol. The molecule has 0 amide bonds. The molecule has 5 nitrogen and oxygen atoms in total. The van der Waals surface area contributed by atoms with Crippen LogP contribution in [0.1, 0.15) is 17.0 Å². The van der Waals surface area contributed by atoms with Crippen LogP contribution in [0.15, 0.2) is 71.7 Å². The van der Waals surface area contributed by atoms with E-state index in [4.69, 9.17) is 0 Å². The second-order valence-corrected chi connectivity index (χ2v) is 7.16. The van der Waals surface area contributed by atoms with Crippen LogP contribution in [0, 0.1) is 5.82 Å². The zero-order valence-electron chi connectivity index (χ0n) is 16.8. The Labute approximate surface area is 173 Å². The van der Waals surface area contributed by atoms with Gasteiger partial charge in [0.25, 0.3) is 5.56 Å². The van der Waals surface area contributed by atoms with Gasteiger partial charge in [-0.05, 0) is 48.0 Å². The van der Waals surface area contributed by atoms with Crippen LogP contribution >= 0.6 is 0 Å². The molecule has 150 valence electrons. The molecule has 4 aromatic rings. The molecular weight excluding hydrogens is 379 g/mol. The lowest BCUT2D eigenvalue weighted by Gasteiger charge is -2.12. The summed E-state index contributed by atoms with van der Waals surface area (Å²) in [6.45, 7) is 0.280. The molecule has 0 saturated carbocycles. The first-order valence-electron chi connectivity index (χ1n) is 9.57. The van der Waals surface area contributed by atoms with Gasteiger partial charge in [-0.25, -0.2) is 9.37 Å². The van der Waals surface area contributed by atoms with Crippen LogP contribution in [0.4, 0.5) is 10.1 Å². The number of hydrogen-bond donors (Lipinski definition) is 0. The number of rotatable bonds is 5. The highest BCUT2D eigenvalue weighted by Crippen LogP contribution is 2.16. The SMILES string of the molecule is CN(C)c1ccc(/C=C/c2nc3cc(F)ccc3n(Cc3ccccn3)c2=O)cc1. The fourth-order valence-electron chi connectivity index (χ4n) is 3.22. The molecule has 0 spiro atoms. The summed E-state index contributed by atoms with van der Waals surface area (Å²) >= 11 is 0. The van der Waals surface area contributed by atoms with Gasteiger partial charge in [0.15, 0.2) is 0 Å². The van der Waals surface area contributed by atoms with Gasteiger partial charge in [-0.2, -0.15) is 0 Å². The summed E-state index contributed by atoms with van der Waals surface area (Å²) in [4.78, 5) is 23.9. The number of anilines is 1. The Bertz CT molecular complexity index is 1260. The standard InChI is InChI=1S/C24H21FN4O/c1-28(2)20-10-6-17(7-11-20)8-12-21-24(30)29(16-19-5-3-4-14-26-19)23-13-9-18(25)15-22(23)27-21/h3-15H,16H2,1-2H3/b12-8+. The van der Waals surface area contributed by atoms with Crippen LogP contribution in [0.3, 0.4) is 0 Å². The highest BCUT2D eigenvalue weighted by molar-refractivity contribution is 5.78. The van der Waals surface area contributed by atoms with Crippen LogP contribution in [0.2, 0.25) is 0 Å². The molecule has 0 aliphatic rings. The smallest absolute Gasteiger partial charge is 0.277 e. The number of fused-ring (bicyclic) bond motifs is 1. The van der Waals surface area contributed by atoms with Crippen molar-refractivity contribution in [2.75, 3.05) is 19.0 Å². The molecule has 2 aromatic carbocycles. The van der Waals surface area contributed by atoms with Crippen LogP contribution in [0.5, 0.6) is 0 Å². The number of hydrogen-bond acceptors (Lipinski definition) is 4. The number of halogens is 1. The van der Waals surface area contributed by atoms with Crippen molar-refractivity contribution in [2.24, 2.45) is 0 Å². The lowest BCUT2D eigenvalue weighted by atomic mass is 10.1. The van der Waals surface area contributed by atoms with E-state index in [1.165, 1.54) is 12.1 Å². The van der Waals surface area contributed by atoms with Gasteiger partial charge in [0.05, 0.1) is 23.3 Å². The van der Waals surface area contributed by atoms with Crippen molar-refractivity contribution in [3.63, 3.8) is 0 Å². The Kier molecular flexibility index (Phi) is 5.39. The zero-order chi connectivity index (χ0) is 21.1. The molecule has 0 unspecified atom stereocenters. The summed E-state index contributed by atoms with van der Waals surface area (Å²) in [6.07, 6.45) is 5.19. The van der Waals surface area contributed by atoms with Crippen molar-refractivity contribution in [3.8, 4) is 0 Å². The molecule has 2 heterocycles. The quantitative estimate of drug-likeness (QED) is 0.503. The maximum Gasteiger partial charge on any atom is 0.277 e. The van der Waals surface area contributed by atoms with Crippen molar-refractivity contribution in [3.05, 3.63) is 100.0 Å². The van der Waals surface area contributed by atoms with Crippen LogP contribution in [-0.2, 0) is 6.54 Å². The monoisotopic (exact) mass is 400 g/mol. The Hall–Kier alpha value is -3.80. The molecule has 0 fully saturated rings. The third kappa shape index (κ3) is 4.12. The molecule has 4 rings (SSSR count). The van der Waals surface area contributed by atoms with Gasteiger partial charge >= 0.3 is 0 Å². The first-order valence-corrected chi connectivity index (χ1v) is 9.57. The molecular formula is C24H21FN4O. The Morgan fingerprint density at radius 1 is 1.03 bits per heavy atom.